The van der Waals surface area contributed by atoms with E-state index in [2.05, 4.69) is 31.3 Å². The fourth-order valence-corrected chi connectivity index (χ4v) is 2.48. The maximum Gasteiger partial charge on any atom is 0.0406 e. The van der Waals surface area contributed by atoms with Gasteiger partial charge in [0.15, 0.2) is 0 Å². The lowest BCUT2D eigenvalue weighted by Crippen LogP contribution is -2.26. The molecule has 1 aliphatic rings. The average Bonchev–Trinajstić information content (AvgIpc) is 2.47. The number of nitrogens with one attached hydrogen (secondary N) is 1. The summed E-state index contributed by atoms with van der Waals surface area (Å²) in [6.07, 6.45) is 1.22. The van der Waals surface area contributed by atoms with Crippen LogP contribution in [0.5, 0.6) is 0 Å². The van der Waals surface area contributed by atoms with E-state index < -0.39 is 0 Å². The van der Waals surface area contributed by atoms with E-state index in [9.17, 15) is 0 Å². The summed E-state index contributed by atoms with van der Waals surface area (Å²) in [5, 5.41) is 4.37. The van der Waals surface area contributed by atoms with Gasteiger partial charge in [-0.1, -0.05) is 23.7 Å². The molecule has 0 aromatic heterocycles. The van der Waals surface area contributed by atoms with E-state index in [4.69, 9.17) is 11.6 Å². The van der Waals surface area contributed by atoms with Gasteiger partial charge in [0.05, 0.1) is 0 Å². The van der Waals surface area contributed by atoms with Crippen LogP contribution in [0.3, 0.4) is 0 Å². The smallest absolute Gasteiger partial charge is 0.0406 e. The van der Waals surface area contributed by atoms with E-state index in [0.717, 1.165) is 5.02 Å². The van der Waals surface area contributed by atoms with Crippen LogP contribution in [0.1, 0.15) is 31.7 Å². The van der Waals surface area contributed by atoms with E-state index in [1.165, 1.54) is 12.0 Å². The molecule has 1 fully saturated rings. The quantitative estimate of drug-likeness (QED) is 0.749. The zero-order valence-corrected chi connectivity index (χ0v) is 9.38. The second-order valence-corrected chi connectivity index (χ2v) is 4.69. The Bertz CT molecular complexity index is 307. The number of rotatable bonds is 1. The number of halogens is 1. The van der Waals surface area contributed by atoms with Gasteiger partial charge in [-0.05, 0) is 38.0 Å². The van der Waals surface area contributed by atoms with Crippen molar-refractivity contribution in [2.45, 2.75) is 38.3 Å². The molecule has 1 aliphatic heterocycles. The topological polar surface area (TPSA) is 12.0 Å². The summed E-state index contributed by atoms with van der Waals surface area (Å²) in [4.78, 5) is 0. The first-order valence-corrected chi connectivity index (χ1v) is 5.56. The minimum atomic E-state index is 0.575. The van der Waals surface area contributed by atoms with Crippen molar-refractivity contribution in [3.05, 3.63) is 34.9 Å². The minimum absolute atomic E-state index is 0.575. The zero-order valence-electron chi connectivity index (χ0n) is 8.63. The average molecular weight is 210 g/mol. The highest BCUT2D eigenvalue weighted by atomic mass is 35.5. The molecule has 3 unspecified atom stereocenters. The maximum absolute atomic E-state index is 5.87. The molecule has 2 heteroatoms. The normalized spacial score (nSPS) is 32.1. The number of hydrogen-bond acceptors (Lipinski definition) is 1. The van der Waals surface area contributed by atoms with Gasteiger partial charge in [0, 0.05) is 23.0 Å². The first-order chi connectivity index (χ1) is 6.66. The van der Waals surface area contributed by atoms with Gasteiger partial charge in [-0.2, -0.15) is 0 Å². The number of benzene rings is 1. The van der Waals surface area contributed by atoms with E-state index in [0.29, 0.717) is 18.0 Å². The molecular formula is C12H16ClN. The molecule has 14 heavy (non-hydrogen) atoms. The Morgan fingerprint density at radius 2 is 1.86 bits per heavy atom. The van der Waals surface area contributed by atoms with Crippen LogP contribution in [0, 0.1) is 0 Å². The standard InChI is InChI=1S/C12H16ClN/c1-8-7-12(9(2)14-8)10-3-5-11(13)6-4-10/h3-6,8-9,12,14H,7H2,1-2H3. The van der Waals surface area contributed by atoms with Gasteiger partial charge in [-0.25, -0.2) is 0 Å². The molecule has 1 nitrogen and oxygen atoms in total. The molecule has 1 aromatic rings. The van der Waals surface area contributed by atoms with Crippen LogP contribution in [0.25, 0.3) is 0 Å². The van der Waals surface area contributed by atoms with Crippen LogP contribution in [0.2, 0.25) is 5.02 Å². The highest BCUT2D eigenvalue weighted by Gasteiger charge is 2.28. The van der Waals surface area contributed by atoms with Gasteiger partial charge in [-0.3, -0.25) is 0 Å². The van der Waals surface area contributed by atoms with E-state index in [1.54, 1.807) is 0 Å². The molecule has 3 atom stereocenters. The fourth-order valence-electron chi connectivity index (χ4n) is 2.35. The molecule has 2 rings (SSSR count). The lowest BCUT2D eigenvalue weighted by atomic mass is 9.92. The molecule has 0 saturated carbocycles. The predicted octanol–water partition coefficient (Wildman–Crippen LogP) is 3.19. The second kappa shape index (κ2) is 3.92. The van der Waals surface area contributed by atoms with Crippen LogP contribution in [0.15, 0.2) is 24.3 Å². The third-order valence-corrected chi connectivity index (χ3v) is 3.31. The molecule has 1 N–H and O–H groups in total. The molecule has 1 heterocycles. The Hall–Kier alpha value is -0.530. The first kappa shape index (κ1) is 10.0. The molecule has 0 aliphatic carbocycles. The van der Waals surface area contributed by atoms with Crippen molar-refractivity contribution in [3.8, 4) is 0 Å². The van der Waals surface area contributed by atoms with Crippen LogP contribution >= 0.6 is 11.6 Å². The van der Waals surface area contributed by atoms with Gasteiger partial charge in [0.1, 0.15) is 0 Å². The van der Waals surface area contributed by atoms with Crippen LogP contribution in [-0.2, 0) is 0 Å². The van der Waals surface area contributed by atoms with Crippen molar-refractivity contribution in [3.63, 3.8) is 0 Å². The molecule has 0 amide bonds. The van der Waals surface area contributed by atoms with Crippen LogP contribution < -0.4 is 5.32 Å². The largest absolute Gasteiger partial charge is 0.311 e. The van der Waals surface area contributed by atoms with E-state index >= 15 is 0 Å². The molecule has 1 aromatic carbocycles. The Labute approximate surface area is 90.5 Å². The molecule has 0 spiro atoms. The molecule has 76 valence electrons. The van der Waals surface area contributed by atoms with Gasteiger partial charge < -0.3 is 5.32 Å². The lowest BCUT2D eigenvalue weighted by molar-refractivity contribution is 0.575. The third kappa shape index (κ3) is 1.94. The Kier molecular flexibility index (Phi) is 2.80. The monoisotopic (exact) mass is 209 g/mol. The van der Waals surface area contributed by atoms with E-state index in [1.807, 2.05) is 12.1 Å². The van der Waals surface area contributed by atoms with Gasteiger partial charge in [0.25, 0.3) is 0 Å². The summed E-state index contributed by atoms with van der Waals surface area (Å²) in [5.74, 6) is 0.641. The predicted molar refractivity (Wildman–Crippen MR) is 60.9 cm³/mol. The van der Waals surface area contributed by atoms with Gasteiger partial charge in [-0.15, -0.1) is 0 Å². The highest BCUT2D eigenvalue weighted by molar-refractivity contribution is 6.30. The third-order valence-electron chi connectivity index (χ3n) is 3.06. The molecule has 0 bridgehead atoms. The van der Waals surface area contributed by atoms with Crippen molar-refractivity contribution in [1.82, 2.24) is 5.32 Å². The Morgan fingerprint density at radius 1 is 1.21 bits per heavy atom. The van der Waals surface area contributed by atoms with Crippen molar-refractivity contribution in [2.24, 2.45) is 0 Å². The summed E-state index contributed by atoms with van der Waals surface area (Å²) >= 11 is 5.87. The lowest BCUT2D eigenvalue weighted by Gasteiger charge is -2.14. The highest BCUT2D eigenvalue weighted by Crippen LogP contribution is 2.31. The van der Waals surface area contributed by atoms with E-state index in [-0.39, 0.29) is 0 Å². The minimum Gasteiger partial charge on any atom is -0.311 e. The van der Waals surface area contributed by atoms with Crippen molar-refractivity contribution in [1.29, 1.82) is 0 Å². The Balaban J connectivity index is 2.19. The van der Waals surface area contributed by atoms with Crippen LogP contribution in [0.4, 0.5) is 0 Å². The zero-order chi connectivity index (χ0) is 10.1. The molecule has 1 saturated heterocycles. The van der Waals surface area contributed by atoms with Crippen molar-refractivity contribution in [2.75, 3.05) is 0 Å². The maximum atomic E-state index is 5.87. The van der Waals surface area contributed by atoms with Crippen molar-refractivity contribution < 1.29 is 0 Å². The molecule has 0 radical (unpaired) electrons. The number of hydrogen-bond donors (Lipinski definition) is 1. The van der Waals surface area contributed by atoms with Gasteiger partial charge >= 0.3 is 0 Å². The Morgan fingerprint density at radius 3 is 2.36 bits per heavy atom. The van der Waals surface area contributed by atoms with Crippen LogP contribution in [-0.4, -0.2) is 12.1 Å². The second-order valence-electron chi connectivity index (χ2n) is 4.25. The summed E-state index contributed by atoms with van der Waals surface area (Å²) < 4.78 is 0. The summed E-state index contributed by atoms with van der Waals surface area (Å²) in [6.45, 7) is 4.50. The fraction of sp³-hybridized carbons (Fsp3) is 0.500. The summed E-state index contributed by atoms with van der Waals surface area (Å²) in [5.41, 5.74) is 1.40. The first-order valence-electron chi connectivity index (χ1n) is 5.18. The van der Waals surface area contributed by atoms with Gasteiger partial charge in [0.2, 0.25) is 0 Å². The molecular weight excluding hydrogens is 194 g/mol. The summed E-state index contributed by atoms with van der Waals surface area (Å²) in [7, 11) is 0. The SMILES string of the molecule is CC1CC(c2ccc(Cl)cc2)C(C)N1. The summed E-state index contributed by atoms with van der Waals surface area (Å²) in [6, 6.07) is 9.45. The van der Waals surface area contributed by atoms with Crippen molar-refractivity contribution >= 4 is 11.6 Å².